The van der Waals surface area contributed by atoms with Crippen LogP contribution in [0.15, 0.2) is 34.7 Å². The maximum Gasteiger partial charge on any atom is 0.198 e. The SMILES string of the molecule is CCCCCCCC1CCC(c2ccc3c(c2)c(=S)oc2c(F)c(CCCC)ccc23)CC1. The van der Waals surface area contributed by atoms with Crippen LogP contribution in [0.2, 0.25) is 0 Å². The number of halogens is 1. The lowest BCUT2D eigenvalue weighted by molar-refractivity contribution is 0.302. The quantitative estimate of drug-likeness (QED) is 0.167. The molecule has 2 aromatic carbocycles. The first kappa shape index (κ1) is 24.4. The van der Waals surface area contributed by atoms with Crippen molar-refractivity contribution in [3.05, 3.63) is 52.0 Å². The number of fused-ring (bicyclic) bond motifs is 3. The fourth-order valence-corrected chi connectivity index (χ4v) is 5.91. The average molecular weight is 467 g/mol. The van der Waals surface area contributed by atoms with Crippen molar-refractivity contribution < 1.29 is 8.81 Å². The lowest BCUT2D eigenvalue weighted by Gasteiger charge is -2.29. The normalized spacial score (nSPS) is 18.9. The molecule has 1 saturated carbocycles. The summed E-state index contributed by atoms with van der Waals surface area (Å²) < 4.78 is 21.4. The molecule has 1 aliphatic rings. The highest BCUT2D eigenvalue weighted by molar-refractivity contribution is 7.71. The number of rotatable bonds is 10. The molecule has 0 aliphatic heterocycles. The molecule has 33 heavy (non-hydrogen) atoms. The van der Waals surface area contributed by atoms with Gasteiger partial charge in [0.1, 0.15) is 0 Å². The molecule has 0 unspecified atom stereocenters. The van der Waals surface area contributed by atoms with Crippen molar-refractivity contribution in [1.82, 2.24) is 0 Å². The molecule has 1 heterocycles. The standard InChI is InChI=1S/C30H39FOS/c1-3-5-7-8-9-10-21-12-14-22(15-13-21)24-17-18-25-26-19-16-23(11-6-4-2)28(31)29(26)32-30(33)27(25)20-24/h16-22H,3-15H2,1-2H3. The zero-order valence-corrected chi connectivity index (χ0v) is 21.2. The van der Waals surface area contributed by atoms with Crippen LogP contribution in [0.4, 0.5) is 4.39 Å². The fourth-order valence-electron chi connectivity index (χ4n) is 5.66. The molecule has 3 aromatic rings. The monoisotopic (exact) mass is 466 g/mol. The van der Waals surface area contributed by atoms with Gasteiger partial charge in [0, 0.05) is 10.8 Å². The van der Waals surface area contributed by atoms with E-state index < -0.39 is 0 Å². The molecule has 0 spiro atoms. The molecule has 0 radical (unpaired) electrons. The largest absolute Gasteiger partial charge is 0.441 e. The highest BCUT2D eigenvalue weighted by atomic mass is 32.1. The van der Waals surface area contributed by atoms with Gasteiger partial charge in [-0.05, 0) is 85.2 Å². The Bertz CT molecular complexity index is 1120. The summed E-state index contributed by atoms with van der Waals surface area (Å²) in [4.78, 5) is 0. The van der Waals surface area contributed by atoms with Gasteiger partial charge in [-0.1, -0.05) is 83.1 Å². The van der Waals surface area contributed by atoms with Crippen LogP contribution in [-0.2, 0) is 6.42 Å². The van der Waals surface area contributed by atoms with Crippen LogP contribution in [0.1, 0.15) is 108 Å². The molecule has 1 aliphatic carbocycles. The van der Waals surface area contributed by atoms with Gasteiger partial charge in [-0.15, -0.1) is 0 Å². The number of unbranched alkanes of at least 4 members (excludes halogenated alkanes) is 5. The lowest BCUT2D eigenvalue weighted by Crippen LogP contribution is -2.13. The molecule has 1 aromatic heterocycles. The zero-order valence-electron chi connectivity index (χ0n) is 20.4. The van der Waals surface area contributed by atoms with E-state index >= 15 is 4.39 Å². The van der Waals surface area contributed by atoms with E-state index in [1.54, 1.807) is 0 Å². The van der Waals surface area contributed by atoms with Gasteiger partial charge in [-0.2, -0.15) is 0 Å². The Kier molecular flexibility index (Phi) is 8.57. The minimum absolute atomic E-state index is 0.244. The van der Waals surface area contributed by atoms with Crippen LogP contribution in [0.5, 0.6) is 0 Å². The van der Waals surface area contributed by atoms with Crippen molar-refractivity contribution >= 4 is 34.0 Å². The van der Waals surface area contributed by atoms with Crippen LogP contribution in [0.3, 0.4) is 0 Å². The molecule has 0 bridgehead atoms. The van der Waals surface area contributed by atoms with E-state index in [1.165, 1.54) is 69.8 Å². The van der Waals surface area contributed by atoms with Crippen LogP contribution >= 0.6 is 12.2 Å². The molecule has 0 atom stereocenters. The van der Waals surface area contributed by atoms with Crippen molar-refractivity contribution in [2.75, 3.05) is 0 Å². The smallest absolute Gasteiger partial charge is 0.198 e. The predicted molar refractivity (Wildman–Crippen MR) is 141 cm³/mol. The van der Waals surface area contributed by atoms with Gasteiger partial charge in [0.15, 0.2) is 16.1 Å². The third kappa shape index (κ3) is 5.67. The van der Waals surface area contributed by atoms with E-state index in [1.807, 2.05) is 12.1 Å². The number of benzene rings is 2. The summed E-state index contributed by atoms with van der Waals surface area (Å²) in [5, 5.41) is 2.79. The molecular weight excluding hydrogens is 427 g/mol. The Morgan fingerprint density at radius 2 is 1.58 bits per heavy atom. The number of aryl methyl sites for hydroxylation is 1. The van der Waals surface area contributed by atoms with Crippen LogP contribution in [0.25, 0.3) is 21.7 Å². The maximum atomic E-state index is 15.1. The molecule has 1 nitrogen and oxygen atoms in total. The molecular formula is C30H39FOS. The first-order valence-electron chi connectivity index (χ1n) is 13.3. The molecule has 3 heteroatoms. The first-order chi connectivity index (χ1) is 16.1. The maximum absolute atomic E-state index is 15.1. The average Bonchev–Trinajstić information content (AvgIpc) is 2.84. The first-order valence-corrected chi connectivity index (χ1v) is 13.7. The van der Waals surface area contributed by atoms with E-state index in [-0.39, 0.29) is 5.82 Å². The predicted octanol–water partition coefficient (Wildman–Crippen LogP) is 10.4. The Balaban J connectivity index is 1.49. The molecule has 1 fully saturated rings. The highest BCUT2D eigenvalue weighted by Crippen LogP contribution is 2.40. The Morgan fingerprint density at radius 3 is 2.33 bits per heavy atom. The Morgan fingerprint density at radius 1 is 0.848 bits per heavy atom. The summed E-state index contributed by atoms with van der Waals surface area (Å²) in [6.07, 6.45) is 16.3. The second-order valence-electron chi connectivity index (χ2n) is 10.1. The summed E-state index contributed by atoms with van der Waals surface area (Å²) in [5.41, 5.74) is 2.40. The van der Waals surface area contributed by atoms with Gasteiger partial charge in [-0.25, -0.2) is 4.39 Å². The van der Waals surface area contributed by atoms with Crippen molar-refractivity contribution in [1.29, 1.82) is 0 Å². The van der Waals surface area contributed by atoms with Gasteiger partial charge in [0.05, 0.1) is 0 Å². The molecule has 0 saturated heterocycles. The van der Waals surface area contributed by atoms with Crippen LogP contribution < -0.4 is 0 Å². The summed E-state index contributed by atoms with van der Waals surface area (Å²) in [6.45, 7) is 4.40. The number of hydrogen-bond acceptors (Lipinski definition) is 2. The van der Waals surface area contributed by atoms with Crippen molar-refractivity contribution in [3.63, 3.8) is 0 Å². The molecule has 0 N–H and O–H groups in total. The fraction of sp³-hybridized carbons (Fsp3) is 0.567. The summed E-state index contributed by atoms with van der Waals surface area (Å²) in [5.74, 6) is 1.26. The minimum atomic E-state index is -0.244. The van der Waals surface area contributed by atoms with Crippen molar-refractivity contribution in [2.24, 2.45) is 5.92 Å². The molecule has 0 amide bonds. The Hall–Kier alpha value is -1.74. The zero-order chi connectivity index (χ0) is 23.2. The van der Waals surface area contributed by atoms with Gasteiger partial charge in [0.25, 0.3) is 0 Å². The second kappa shape index (κ2) is 11.6. The van der Waals surface area contributed by atoms with Crippen molar-refractivity contribution in [2.45, 2.75) is 103 Å². The third-order valence-electron chi connectivity index (χ3n) is 7.76. The van der Waals surface area contributed by atoms with Gasteiger partial charge in [-0.3, -0.25) is 0 Å². The van der Waals surface area contributed by atoms with E-state index in [2.05, 4.69) is 32.0 Å². The molecule has 178 valence electrons. The van der Waals surface area contributed by atoms with Gasteiger partial charge < -0.3 is 4.42 Å². The lowest BCUT2D eigenvalue weighted by atomic mass is 9.77. The second-order valence-corrected chi connectivity index (χ2v) is 10.5. The topological polar surface area (TPSA) is 13.1 Å². The van der Waals surface area contributed by atoms with E-state index in [9.17, 15) is 0 Å². The summed E-state index contributed by atoms with van der Waals surface area (Å²) in [6, 6.07) is 10.5. The summed E-state index contributed by atoms with van der Waals surface area (Å²) in [7, 11) is 0. The van der Waals surface area contributed by atoms with Crippen molar-refractivity contribution in [3.8, 4) is 0 Å². The minimum Gasteiger partial charge on any atom is -0.441 e. The number of hydrogen-bond donors (Lipinski definition) is 0. The highest BCUT2D eigenvalue weighted by Gasteiger charge is 2.23. The van der Waals surface area contributed by atoms with Gasteiger partial charge >= 0.3 is 0 Å². The molecule has 4 rings (SSSR count). The van der Waals surface area contributed by atoms with E-state index in [0.29, 0.717) is 16.2 Å². The summed E-state index contributed by atoms with van der Waals surface area (Å²) >= 11 is 5.60. The van der Waals surface area contributed by atoms with Crippen LogP contribution in [-0.4, -0.2) is 0 Å². The third-order valence-corrected chi connectivity index (χ3v) is 8.06. The van der Waals surface area contributed by atoms with Crippen LogP contribution in [0, 0.1) is 16.4 Å². The van der Waals surface area contributed by atoms with Gasteiger partial charge in [0.2, 0.25) is 0 Å². The van der Waals surface area contributed by atoms with E-state index in [0.717, 1.165) is 46.9 Å². The van der Waals surface area contributed by atoms with E-state index in [4.69, 9.17) is 16.6 Å². The Labute approximate surface area is 203 Å².